The summed E-state index contributed by atoms with van der Waals surface area (Å²) >= 11 is 0. The molecule has 2 heterocycles. The molecule has 0 aliphatic carbocycles. The van der Waals surface area contributed by atoms with Crippen LogP contribution in [-0.2, 0) is 16.6 Å². The predicted octanol–water partition coefficient (Wildman–Crippen LogP) is -0.0656. The minimum atomic E-state index is -3.18. The Labute approximate surface area is 137 Å². The van der Waals surface area contributed by atoms with E-state index in [9.17, 15) is 13.2 Å². The van der Waals surface area contributed by atoms with Gasteiger partial charge in [-0.1, -0.05) is 6.07 Å². The van der Waals surface area contributed by atoms with Crippen molar-refractivity contribution in [1.82, 2.24) is 19.5 Å². The summed E-state index contributed by atoms with van der Waals surface area (Å²) in [5.41, 5.74) is 0.931. The van der Waals surface area contributed by atoms with Crippen LogP contribution in [0.5, 0.6) is 0 Å². The van der Waals surface area contributed by atoms with E-state index in [4.69, 9.17) is 0 Å². The number of rotatable bonds is 4. The molecule has 0 bridgehead atoms. The molecule has 128 valence electrons. The molecule has 0 saturated carbocycles. The molecule has 0 spiro atoms. The number of sulfonamides is 1. The van der Waals surface area contributed by atoms with Gasteiger partial charge in [0.1, 0.15) is 5.82 Å². The lowest BCUT2D eigenvalue weighted by Gasteiger charge is -2.33. The first-order valence-corrected chi connectivity index (χ1v) is 9.23. The van der Waals surface area contributed by atoms with Gasteiger partial charge in [0, 0.05) is 58.6 Å². The SMILES string of the molecule is CN(C)c1ncccc1CNC(=O)N1CCN(S(C)(=O)=O)CC1. The number of aromatic nitrogens is 1. The molecule has 1 aliphatic rings. The summed E-state index contributed by atoms with van der Waals surface area (Å²) in [6.45, 7) is 1.84. The summed E-state index contributed by atoms with van der Waals surface area (Å²) in [6, 6.07) is 3.57. The number of anilines is 1. The average Bonchev–Trinajstić information content (AvgIpc) is 2.52. The average molecular weight is 341 g/mol. The van der Waals surface area contributed by atoms with Crippen LogP contribution >= 0.6 is 0 Å². The summed E-state index contributed by atoms with van der Waals surface area (Å²) in [6.07, 6.45) is 2.90. The van der Waals surface area contributed by atoms with Gasteiger partial charge >= 0.3 is 6.03 Å². The van der Waals surface area contributed by atoms with Gasteiger partial charge in [0.15, 0.2) is 0 Å². The van der Waals surface area contributed by atoms with E-state index >= 15 is 0 Å². The topological polar surface area (TPSA) is 85.8 Å². The van der Waals surface area contributed by atoms with Crippen LogP contribution in [-0.4, -0.2) is 75.2 Å². The number of hydrogen-bond acceptors (Lipinski definition) is 5. The number of piperazine rings is 1. The van der Waals surface area contributed by atoms with Crippen molar-refractivity contribution < 1.29 is 13.2 Å². The van der Waals surface area contributed by atoms with Gasteiger partial charge < -0.3 is 15.1 Å². The summed E-state index contributed by atoms with van der Waals surface area (Å²) in [4.78, 5) is 20.0. The van der Waals surface area contributed by atoms with E-state index in [1.54, 1.807) is 11.1 Å². The maximum Gasteiger partial charge on any atom is 0.317 e. The molecule has 1 aromatic heterocycles. The standard InChI is InChI=1S/C14H23N5O3S/c1-17(2)13-12(5-4-6-15-13)11-16-14(20)18-7-9-19(10-8-18)23(3,21)22/h4-6H,7-11H2,1-3H3,(H,16,20). The van der Waals surface area contributed by atoms with Crippen molar-refractivity contribution in [2.45, 2.75) is 6.54 Å². The van der Waals surface area contributed by atoms with Crippen LogP contribution in [0.2, 0.25) is 0 Å². The number of nitrogens with one attached hydrogen (secondary N) is 1. The van der Waals surface area contributed by atoms with Gasteiger partial charge in [-0.05, 0) is 6.07 Å². The van der Waals surface area contributed by atoms with Gasteiger partial charge in [-0.2, -0.15) is 4.31 Å². The van der Waals surface area contributed by atoms with Crippen molar-refractivity contribution >= 4 is 21.9 Å². The molecule has 2 amide bonds. The lowest BCUT2D eigenvalue weighted by molar-refractivity contribution is 0.172. The highest BCUT2D eigenvalue weighted by Crippen LogP contribution is 2.14. The third kappa shape index (κ3) is 4.55. The van der Waals surface area contributed by atoms with E-state index < -0.39 is 10.0 Å². The number of hydrogen-bond donors (Lipinski definition) is 1. The van der Waals surface area contributed by atoms with Crippen LogP contribution in [0.25, 0.3) is 0 Å². The zero-order chi connectivity index (χ0) is 17.0. The minimum absolute atomic E-state index is 0.188. The van der Waals surface area contributed by atoms with Crippen molar-refractivity contribution in [3.05, 3.63) is 23.9 Å². The molecule has 1 aliphatic heterocycles. The number of urea groups is 1. The first kappa shape index (κ1) is 17.5. The second-order valence-corrected chi connectivity index (χ2v) is 7.67. The Bertz CT molecular complexity index is 654. The quantitative estimate of drug-likeness (QED) is 0.829. The second kappa shape index (κ2) is 7.14. The largest absolute Gasteiger partial charge is 0.362 e. The van der Waals surface area contributed by atoms with Gasteiger partial charge in [0.05, 0.1) is 6.26 Å². The summed E-state index contributed by atoms with van der Waals surface area (Å²) < 4.78 is 24.3. The Morgan fingerprint density at radius 2 is 1.96 bits per heavy atom. The van der Waals surface area contributed by atoms with E-state index in [0.717, 1.165) is 11.4 Å². The molecule has 0 radical (unpaired) electrons. The lowest BCUT2D eigenvalue weighted by Crippen LogP contribution is -2.52. The molecule has 0 aromatic carbocycles. The molecule has 1 saturated heterocycles. The number of amides is 2. The number of carbonyl (C=O) groups excluding carboxylic acids is 1. The van der Waals surface area contributed by atoms with Gasteiger partial charge in [0.2, 0.25) is 10.0 Å². The predicted molar refractivity (Wildman–Crippen MR) is 88.8 cm³/mol. The minimum Gasteiger partial charge on any atom is -0.362 e. The van der Waals surface area contributed by atoms with E-state index in [2.05, 4.69) is 10.3 Å². The third-order valence-electron chi connectivity index (χ3n) is 3.72. The highest BCUT2D eigenvalue weighted by molar-refractivity contribution is 7.88. The third-order valence-corrected chi connectivity index (χ3v) is 5.02. The molecular weight excluding hydrogens is 318 g/mol. The van der Waals surface area contributed by atoms with Crippen LogP contribution in [0.1, 0.15) is 5.56 Å². The molecule has 23 heavy (non-hydrogen) atoms. The van der Waals surface area contributed by atoms with E-state index in [1.165, 1.54) is 10.6 Å². The van der Waals surface area contributed by atoms with Crippen LogP contribution in [0, 0.1) is 0 Å². The van der Waals surface area contributed by atoms with Gasteiger partial charge in [-0.15, -0.1) is 0 Å². The Hall–Kier alpha value is -1.87. The van der Waals surface area contributed by atoms with Crippen molar-refractivity contribution in [3.8, 4) is 0 Å². The first-order valence-electron chi connectivity index (χ1n) is 7.38. The summed E-state index contributed by atoms with van der Waals surface area (Å²) in [5, 5.41) is 2.87. The van der Waals surface area contributed by atoms with Crippen molar-refractivity contribution in [1.29, 1.82) is 0 Å². The van der Waals surface area contributed by atoms with Crippen LogP contribution in [0.15, 0.2) is 18.3 Å². The summed E-state index contributed by atoms with van der Waals surface area (Å²) in [7, 11) is 0.617. The Kier molecular flexibility index (Phi) is 5.42. The number of carbonyl (C=O) groups is 1. The zero-order valence-corrected chi connectivity index (χ0v) is 14.5. The fourth-order valence-corrected chi connectivity index (χ4v) is 3.30. The molecule has 2 rings (SSSR count). The van der Waals surface area contributed by atoms with E-state index in [-0.39, 0.29) is 6.03 Å². The highest BCUT2D eigenvalue weighted by atomic mass is 32.2. The number of pyridine rings is 1. The van der Waals surface area contributed by atoms with Crippen molar-refractivity contribution in [2.24, 2.45) is 0 Å². The highest BCUT2D eigenvalue weighted by Gasteiger charge is 2.25. The fourth-order valence-electron chi connectivity index (χ4n) is 2.48. The number of nitrogens with zero attached hydrogens (tertiary/aromatic N) is 4. The maximum atomic E-state index is 12.2. The molecule has 0 unspecified atom stereocenters. The van der Waals surface area contributed by atoms with Crippen LogP contribution in [0.4, 0.5) is 10.6 Å². The van der Waals surface area contributed by atoms with Crippen LogP contribution < -0.4 is 10.2 Å². The Morgan fingerprint density at radius 1 is 1.30 bits per heavy atom. The van der Waals surface area contributed by atoms with E-state index in [0.29, 0.717) is 32.7 Å². The van der Waals surface area contributed by atoms with Gasteiger partial charge in [0.25, 0.3) is 0 Å². The lowest BCUT2D eigenvalue weighted by atomic mass is 10.2. The molecule has 0 atom stereocenters. The molecular formula is C14H23N5O3S. The Balaban J connectivity index is 1.89. The van der Waals surface area contributed by atoms with Gasteiger partial charge in [-0.3, -0.25) is 0 Å². The molecule has 1 fully saturated rings. The van der Waals surface area contributed by atoms with Crippen molar-refractivity contribution in [2.75, 3.05) is 51.4 Å². The summed E-state index contributed by atoms with van der Waals surface area (Å²) in [5.74, 6) is 0.815. The Morgan fingerprint density at radius 3 is 2.52 bits per heavy atom. The molecule has 1 N–H and O–H groups in total. The maximum absolute atomic E-state index is 12.2. The molecule has 1 aromatic rings. The fraction of sp³-hybridized carbons (Fsp3) is 0.571. The molecule has 9 heteroatoms. The first-order chi connectivity index (χ1) is 10.8. The van der Waals surface area contributed by atoms with Gasteiger partial charge in [-0.25, -0.2) is 18.2 Å². The second-order valence-electron chi connectivity index (χ2n) is 5.69. The molecule has 8 nitrogen and oxygen atoms in total. The smallest absolute Gasteiger partial charge is 0.317 e. The zero-order valence-electron chi connectivity index (χ0n) is 13.7. The monoisotopic (exact) mass is 341 g/mol. The van der Waals surface area contributed by atoms with Crippen LogP contribution in [0.3, 0.4) is 0 Å². The normalized spacial score (nSPS) is 16.2. The van der Waals surface area contributed by atoms with Crippen molar-refractivity contribution in [3.63, 3.8) is 0 Å². The van der Waals surface area contributed by atoms with E-state index in [1.807, 2.05) is 31.1 Å².